The fraction of sp³-hybridized carbons (Fsp3) is 1.00. The topological polar surface area (TPSA) is 0 Å². The summed E-state index contributed by atoms with van der Waals surface area (Å²) in [4.78, 5) is 0. The monoisotopic (exact) mass is 256 g/mol. The molecule has 0 aromatic rings. The second-order valence-corrected chi connectivity index (χ2v) is 5.74. The van der Waals surface area contributed by atoms with Crippen molar-refractivity contribution in [3.63, 3.8) is 0 Å². The van der Waals surface area contributed by atoms with E-state index < -0.39 is 3.79 Å². The molecule has 0 aliphatic rings. The molecule has 0 aromatic carbocycles. The first-order chi connectivity index (χ1) is 4.95. The van der Waals surface area contributed by atoms with Crippen molar-refractivity contribution in [1.29, 1.82) is 0 Å². The Morgan fingerprint density at radius 2 is 1.64 bits per heavy atom. The first-order valence-corrected chi connectivity index (χ1v) is 5.33. The molecule has 0 amide bonds. The van der Waals surface area contributed by atoms with Crippen molar-refractivity contribution in [2.24, 2.45) is 0 Å². The smallest absolute Gasteiger partial charge is 0.127 e. The van der Waals surface area contributed by atoms with Crippen LogP contribution < -0.4 is 0 Å². The summed E-state index contributed by atoms with van der Waals surface area (Å²) in [6, 6.07) is 0. The van der Waals surface area contributed by atoms with E-state index in [1.165, 1.54) is 0 Å². The molecule has 1 atom stereocenters. The molecule has 0 bridgehead atoms. The van der Waals surface area contributed by atoms with Gasteiger partial charge < -0.3 is 0 Å². The Kier molecular flexibility index (Phi) is 6.78. The molecule has 0 fully saturated rings. The molecule has 68 valence electrons. The lowest BCUT2D eigenvalue weighted by Crippen LogP contribution is -2.07. The summed E-state index contributed by atoms with van der Waals surface area (Å²) in [6.07, 6.45) is 1.91. The van der Waals surface area contributed by atoms with Gasteiger partial charge in [0.05, 0.1) is 0 Å². The minimum atomic E-state index is -1.18. The van der Waals surface area contributed by atoms with Crippen molar-refractivity contribution < 1.29 is 0 Å². The molecule has 0 aliphatic heterocycles. The van der Waals surface area contributed by atoms with Gasteiger partial charge in [-0.1, -0.05) is 34.8 Å². The number of hydrogen-bond donors (Lipinski definition) is 0. The van der Waals surface area contributed by atoms with Gasteiger partial charge in [0, 0.05) is 11.3 Å². The third kappa shape index (κ3) is 9.36. The number of hydrogen-bond acceptors (Lipinski definition) is 0. The molecule has 0 radical (unpaired) electrons. The zero-order valence-electron chi connectivity index (χ0n) is 5.80. The van der Waals surface area contributed by atoms with E-state index >= 15 is 0 Å². The quantitative estimate of drug-likeness (QED) is 0.657. The third-order valence-electron chi connectivity index (χ3n) is 1.16. The highest BCUT2D eigenvalue weighted by Gasteiger charge is 2.20. The minimum absolute atomic E-state index is 0.0168. The maximum Gasteiger partial charge on any atom is 0.190 e. The van der Waals surface area contributed by atoms with Crippen LogP contribution in [-0.2, 0) is 0 Å². The summed E-state index contributed by atoms with van der Waals surface area (Å²) in [5, 5.41) is 0.0168. The Morgan fingerprint density at radius 3 is 2.00 bits per heavy atom. The van der Waals surface area contributed by atoms with Crippen LogP contribution in [0.2, 0.25) is 0 Å². The van der Waals surface area contributed by atoms with Crippen molar-refractivity contribution in [2.45, 2.75) is 28.4 Å². The van der Waals surface area contributed by atoms with E-state index in [1.54, 1.807) is 0 Å². The van der Waals surface area contributed by atoms with E-state index in [0.29, 0.717) is 18.7 Å². The molecule has 1 unspecified atom stereocenters. The van der Waals surface area contributed by atoms with E-state index in [0.717, 1.165) is 6.42 Å². The van der Waals surface area contributed by atoms with Gasteiger partial charge in [0.2, 0.25) is 0 Å². The average molecular weight is 258 g/mol. The van der Waals surface area contributed by atoms with Crippen LogP contribution in [0, 0.1) is 0 Å². The average Bonchev–Trinajstić information content (AvgIpc) is 1.83. The fourth-order valence-electron chi connectivity index (χ4n) is 0.583. The standard InChI is InChI=1S/C6H9Cl5/c7-4-2-5(8)1-3-6(9,10)11/h5H,1-4H2. The minimum Gasteiger partial charge on any atom is -0.127 e. The van der Waals surface area contributed by atoms with Gasteiger partial charge in [0.25, 0.3) is 0 Å². The molecule has 0 aliphatic carbocycles. The Bertz CT molecular complexity index is 97.6. The first-order valence-electron chi connectivity index (χ1n) is 3.22. The van der Waals surface area contributed by atoms with E-state index in [-0.39, 0.29) is 5.38 Å². The van der Waals surface area contributed by atoms with Crippen molar-refractivity contribution in [2.75, 3.05) is 5.88 Å². The highest BCUT2D eigenvalue weighted by atomic mass is 35.6. The molecule has 11 heavy (non-hydrogen) atoms. The molecule has 0 heterocycles. The van der Waals surface area contributed by atoms with Gasteiger partial charge in [-0.05, 0) is 19.3 Å². The van der Waals surface area contributed by atoms with Crippen molar-refractivity contribution in [3.8, 4) is 0 Å². The van der Waals surface area contributed by atoms with Crippen LogP contribution in [0.1, 0.15) is 19.3 Å². The highest BCUT2D eigenvalue weighted by molar-refractivity contribution is 6.67. The fourth-order valence-corrected chi connectivity index (χ4v) is 1.50. The maximum atomic E-state index is 5.83. The molecule has 0 rings (SSSR count). The molecular weight excluding hydrogens is 249 g/mol. The van der Waals surface area contributed by atoms with Gasteiger partial charge in [0.15, 0.2) is 3.79 Å². The summed E-state index contributed by atoms with van der Waals surface area (Å²) < 4.78 is -1.18. The van der Waals surface area contributed by atoms with Crippen LogP contribution >= 0.6 is 58.0 Å². The summed E-state index contributed by atoms with van der Waals surface area (Å²) >= 11 is 27.8. The molecule has 0 nitrogen and oxygen atoms in total. The van der Waals surface area contributed by atoms with Gasteiger partial charge in [-0.25, -0.2) is 0 Å². The Hall–Kier alpha value is 1.45. The summed E-state index contributed by atoms with van der Waals surface area (Å²) in [5.74, 6) is 0.550. The van der Waals surface area contributed by atoms with E-state index in [4.69, 9.17) is 58.0 Å². The summed E-state index contributed by atoms with van der Waals surface area (Å²) in [6.45, 7) is 0. The van der Waals surface area contributed by atoms with Crippen LogP contribution in [0.5, 0.6) is 0 Å². The lowest BCUT2D eigenvalue weighted by atomic mass is 10.2. The SMILES string of the molecule is ClCCC(Cl)CCC(Cl)(Cl)Cl. The highest BCUT2D eigenvalue weighted by Crippen LogP contribution is 2.32. The second-order valence-electron chi connectivity index (χ2n) is 2.23. The molecule has 0 aromatic heterocycles. The number of alkyl halides is 5. The molecule has 0 saturated carbocycles. The Balaban J connectivity index is 3.38. The molecule has 5 heteroatoms. The van der Waals surface area contributed by atoms with Crippen LogP contribution in [0.3, 0.4) is 0 Å². The number of rotatable bonds is 4. The van der Waals surface area contributed by atoms with Crippen molar-refractivity contribution in [3.05, 3.63) is 0 Å². The predicted octanol–water partition coefficient (Wildman–Crippen LogP) is 4.37. The van der Waals surface area contributed by atoms with Gasteiger partial charge in [-0.15, -0.1) is 23.2 Å². The van der Waals surface area contributed by atoms with Crippen molar-refractivity contribution >= 4 is 58.0 Å². The lowest BCUT2D eigenvalue weighted by Gasteiger charge is -2.12. The molecular formula is C6H9Cl5. The van der Waals surface area contributed by atoms with Crippen LogP contribution in [0.4, 0.5) is 0 Å². The zero-order chi connectivity index (χ0) is 8.91. The van der Waals surface area contributed by atoms with Gasteiger partial charge in [-0.2, -0.15) is 0 Å². The maximum absolute atomic E-state index is 5.83. The molecule has 0 saturated heterocycles. The van der Waals surface area contributed by atoms with Crippen LogP contribution in [0.25, 0.3) is 0 Å². The van der Waals surface area contributed by atoms with Gasteiger partial charge in [0.1, 0.15) is 0 Å². The normalized spacial score (nSPS) is 15.0. The van der Waals surface area contributed by atoms with E-state index in [1.807, 2.05) is 0 Å². The van der Waals surface area contributed by atoms with Crippen LogP contribution in [-0.4, -0.2) is 15.0 Å². The van der Waals surface area contributed by atoms with E-state index in [9.17, 15) is 0 Å². The largest absolute Gasteiger partial charge is 0.190 e. The summed E-state index contributed by atoms with van der Waals surface area (Å²) in [7, 11) is 0. The first kappa shape index (κ1) is 12.4. The van der Waals surface area contributed by atoms with Crippen molar-refractivity contribution in [1.82, 2.24) is 0 Å². The second kappa shape index (κ2) is 5.99. The van der Waals surface area contributed by atoms with E-state index in [2.05, 4.69) is 0 Å². The zero-order valence-corrected chi connectivity index (χ0v) is 9.58. The predicted molar refractivity (Wildman–Crippen MR) is 54.5 cm³/mol. The van der Waals surface area contributed by atoms with Gasteiger partial charge >= 0.3 is 0 Å². The summed E-state index contributed by atoms with van der Waals surface area (Å²) in [5.41, 5.74) is 0. The molecule has 0 spiro atoms. The Morgan fingerprint density at radius 1 is 1.09 bits per heavy atom. The van der Waals surface area contributed by atoms with Gasteiger partial charge in [-0.3, -0.25) is 0 Å². The van der Waals surface area contributed by atoms with Crippen LogP contribution in [0.15, 0.2) is 0 Å². The lowest BCUT2D eigenvalue weighted by molar-refractivity contribution is 0.688. The molecule has 0 N–H and O–H groups in total. The number of halogens is 5. The Labute approximate surface area is 92.1 Å². The third-order valence-corrected chi connectivity index (χ3v) is 2.38.